The van der Waals surface area contributed by atoms with Crippen molar-refractivity contribution in [3.8, 4) is 22.8 Å². The molecule has 0 aliphatic carbocycles. The fourth-order valence-corrected chi connectivity index (χ4v) is 4.16. The molecule has 0 spiro atoms. The molecular weight excluding hydrogens is 572 g/mol. The van der Waals surface area contributed by atoms with E-state index in [1.807, 2.05) is 18.2 Å². The highest BCUT2D eigenvalue weighted by Crippen LogP contribution is 2.34. The van der Waals surface area contributed by atoms with E-state index in [9.17, 15) is 9.90 Å². The lowest BCUT2D eigenvalue weighted by Gasteiger charge is -2.02. The molecule has 10 heteroatoms. The van der Waals surface area contributed by atoms with Crippen molar-refractivity contribution in [2.45, 2.75) is 5.22 Å². The Labute approximate surface area is 202 Å². The number of aliphatic carboxylic acids is 1. The summed E-state index contributed by atoms with van der Waals surface area (Å²) in [5.74, 6) is 0.0997. The number of hydrogen-bond acceptors (Lipinski definition) is 6. The Hall–Kier alpha value is -2.33. The minimum atomic E-state index is -1.14. The van der Waals surface area contributed by atoms with Gasteiger partial charge in [0.25, 0.3) is 5.22 Å². The highest BCUT2D eigenvalue weighted by atomic mass is 79.9. The van der Waals surface area contributed by atoms with E-state index in [0.29, 0.717) is 22.1 Å². The first-order valence-corrected chi connectivity index (χ1v) is 11.4. The summed E-state index contributed by atoms with van der Waals surface area (Å²) < 4.78 is 13.2. The number of nitrogens with zero attached hydrogens (tertiary/aromatic N) is 2. The van der Waals surface area contributed by atoms with Gasteiger partial charge in [-0.3, -0.25) is 0 Å². The minimum absolute atomic E-state index is 0.0273. The quantitative estimate of drug-likeness (QED) is 0.187. The smallest absolute Gasteiger partial charge is 0.342 e. The van der Waals surface area contributed by atoms with Crippen molar-refractivity contribution in [3.63, 3.8) is 0 Å². The Morgan fingerprint density at radius 2 is 1.81 bits per heavy atom. The predicted molar refractivity (Wildman–Crippen MR) is 126 cm³/mol. The van der Waals surface area contributed by atoms with Gasteiger partial charge in [-0.2, -0.15) is 0 Å². The highest BCUT2D eigenvalue weighted by molar-refractivity contribution is 9.11. The van der Waals surface area contributed by atoms with Gasteiger partial charge in [0.1, 0.15) is 16.4 Å². The lowest BCUT2D eigenvalue weighted by molar-refractivity contribution is -0.131. The second-order valence-electron chi connectivity index (χ2n) is 6.12. The van der Waals surface area contributed by atoms with E-state index in [-0.39, 0.29) is 16.0 Å². The van der Waals surface area contributed by atoms with E-state index in [1.165, 1.54) is 6.08 Å². The maximum Gasteiger partial charge on any atom is 0.342 e. The molecule has 0 fully saturated rings. The predicted octanol–water partition coefficient (Wildman–Crippen LogP) is 7.39. The van der Waals surface area contributed by atoms with E-state index >= 15 is 0 Å². The fourth-order valence-electron chi connectivity index (χ4n) is 2.58. The number of carboxylic acid groups (broad SMARTS) is 1. The molecule has 2 aromatic heterocycles. The summed E-state index contributed by atoms with van der Waals surface area (Å²) in [6.45, 7) is 0. The zero-order chi connectivity index (χ0) is 22.0. The second kappa shape index (κ2) is 9.44. The monoisotopic (exact) mass is 580 g/mol. The van der Waals surface area contributed by atoms with Crippen LogP contribution in [0, 0.1) is 0 Å². The number of aromatic nitrogens is 2. The molecule has 0 amide bonds. The van der Waals surface area contributed by atoms with Gasteiger partial charge in [0.05, 0.1) is 0 Å². The maximum absolute atomic E-state index is 11.7. The molecule has 4 rings (SSSR count). The van der Waals surface area contributed by atoms with Crippen LogP contribution < -0.4 is 0 Å². The van der Waals surface area contributed by atoms with E-state index < -0.39 is 5.97 Å². The molecular formula is C21H11Br2ClN2O4S. The van der Waals surface area contributed by atoms with E-state index in [1.54, 1.807) is 36.4 Å². The van der Waals surface area contributed by atoms with Gasteiger partial charge in [0.15, 0.2) is 0 Å². The number of halogens is 3. The van der Waals surface area contributed by atoms with Gasteiger partial charge in [0.2, 0.25) is 5.89 Å². The van der Waals surface area contributed by atoms with Crippen molar-refractivity contribution < 1.29 is 18.7 Å². The van der Waals surface area contributed by atoms with Crippen LogP contribution in [0.1, 0.15) is 5.76 Å². The van der Waals surface area contributed by atoms with Gasteiger partial charge in [-0.1, -0.05) is 43.5 Å². The molecule has 6 nitrogen and oxygen atoms in total. The average Bonchev–Trinajstić information content (AvgIpc) is 3.40. The van der Waals surface area contributed by atoms with E-state index in [4.69, 9.17) is 20.4 Å². The van der Waals surface area contributed by atoms with Gasteiger partial charge >= 0.3 is 5.97 Å². The zero-order valence-electron chi connectivity index (χ0n) is 15.4. The van der Waals surface area contributed by atoms with Crippen molar-refractivity contribution in [3.05, 3.63) is 79.2 Å². The number of benzene rings is 2. The van der Waals surface area contributed by atoms with Crippen LogP contribution in [0.25, 0.3) is 28.9 Å². The van der Waals surface area contributed by atoms with Crippen LogP contribution in [-0.4, -0.2) is 21.3 Å². The summed E-state index contributed by atoms with van der Waals surface area (Å²) >= 11 is 13.6. The molecule has 0 saturated heterocycles. The number of thioether (sulfide) groups is 1. The van der Waals surface area contributed by atoms with E-state index in [0.717, 1.165) is 26.3 Å². The average molecular weight is 583 g/mol. The first kappa shape index (κ1) is 21.9. The van der Waals surface area contributed by atoms with Gasteiger partial charge < -0.3 is 13.9 Å². The summed E-state index contributed by atoms with van der Waals surface area (Å²) in [7, 11) is 0. The third-order valence-electron chi connectivity index (χ3n) is 4.00. The first-order valence-electron chi connectivity index (χ1n) is 8.66. The van der Waals surface area contributed by atoms with Gasteiger partial charge in [0, 0.05) is 31.2 Å². The Morgan fingerprint density at radius 3 is 2.55 bits per heavy atom. The Morgan fingerprint density at radius 1 is 1.03 bits per heavy atom. The Bertz CT molecular complexity index is 1280. The summed E-state index contributed by atoms with van der Waals surface area (Å²) in [6, 6.07) is 16.0. The number of hydrogen-bond donors (Lipinski definition) is 1. The van der Waals surface area contributed by atoms with Crippen molar-refractivity contribution in [1.29, 1.82) is 0 Å². The molecule has 0 aliphatic heterocycles. The van der Waals surface area contributed by atoms with Crippen LogP contribution in [-0.2, 0) is 4.79 Å². The summed E-state index contributed by atoms with van der Waals surface area (Å²) in [6.07, 6.45) is 1.41. The molecule has 0 saturated carbocycles. The van der Waals surface area contributed by atoms with Crippen LogP contribution in [0.2, 0.25) is 5.02 Å². The van der Waals surface area contributed by atoms with Gasteiger partial charge in [-0.15, -0.1) is 10.2 Å². The summed E-state index contributed by atoms with van der Waals surface area (Å²) in [5, 5.41) is 18.2. The van der Waals surface area contributed by atoms with Crippen LogP contribution in [0.3, 0.4) is 0 Å². The van der Waals surface area contributed by atoms with Crippen molar-refractivity contribution in [2.75, 3.05) is 0 Å². The normalized spacial score (nSPS) is 11.6. The Balaban J connectivity index is 1.57. The fraction of sp³-hybridized carbons (Fsp3) is 0. The molecule has 0 bridgehead atoms. The van der Waals surface area contributed by atoms with Crippen LogP contribution in [0.15, 0.2) is 82.5 Å². The summed E-state index contributed by atoms with van der Waals surface area (Å²) in [5.41, 5.74) is 1.52. The number of furan rings is 1. The standard InChI is InChI=1S/C21H11Br2ClN2O4S/c22-12-3-7-16(23)15(9-12)17-8-6-14(29-17)10-18(20(27)28)31-21-26-25-19(30-21)11-1-4-13(24)5-2-11/h1-10H,(H,27,28)/b18-10+. The van der Waals surface area contributed by atoms with Gasteiger partial charge in [-0.05, 0) is 66.4 Å². The van der Waals surface area contributed by atoms with E-state index in [2.05, 4.69) is 42.1 Å². The van der Waals surface area contributed by atoms with Crippen molar-refractivity contribution in [2.24, 2.45) is 0 Å². The third-order valence-corrected chi connectivity index (χ3v) is 6.29. The lowest BCUT2D eigenvalue weighted by atomic mass is 10.2. The van der Waals surface area contributed by atoms with Gasteiger partial charge in [-0.25, -0.2) is 4.79 Å². The molecule has 0 radical (unpaired) electrons. The second-order valence-corrected chi connectivity index (χ2v) is 9.32. The third kappa shape index (κ3) is 5.30. The highest BCUT2D eigenvalue weighted by Gasteiger charge is 2.17. The first-order chi connectivity index (χ1) is 14.9. The van der Waals surface area contributed by atoms with Crippen LogP contribution in [0.4, 0.5) is 0 Å². The van der Waals surface area contributed by atoms with Crippen LogP contribution >= 0.6 is 55.2 Å². The molecule has 1 N–H and O–H groups in total. The molecule has 0 aliphatic rings. The summed E-state index contributed by atoms with van der Waals surface area (Å²) in [4.78, 5) is 11.7. The molecule has 31 heavy (non-hydrogen) atoms. The SMILES string of the molecule is O=C(O)/C(=C\c1ccc(-c2cc(Br)ccc2Br)o1)Sc1nnc(-c2ccc(Cl)cc2)o1. The molecule has 2 aromatic carbocycles. The molecule has 4 aromatic rings. The molecule has 156 valence electrons. The van der Waals surface area contributed by atoms with Crippen LogP contribution in [0.5, 0.6) is 0 Å². The number of carbonyl (C=O) groups is 1. The number of rotatable bonds is 6. The Kier molecular flexibility index (Phi) is 6.66. The molecule has 0 unspecified atom stereocenters. The topological polar surface area (TPSA) is 89.4 Å². The maximum atomic E-state index is 11.7. The van der Waals surface area contributed by atoms with Crippen molar-refractivity contribution in [1.82, 2.24) is 10.2 Å². The van der Waals surface area contributed by atoms with Crippen molar-refractivity contribution >= 4 is 67.3 Å². The molecule has 2 heterocycles. The minimum Gasteiger partial charge on any atom is -0.477 e. The molecule has 0 atom stereocenters. The largest absolute Gasteiger partial charge is 0.477 e. The lowest BCUT2D eigenvalue weighted by Crippen LogP contribution is -1.96. The zero-order valence-corrected chi connectivity index (χ0v) is 20.1. The number of carboxylic acids is 1.